The Morgan fingerprint density at radius 2 is 2.23 bits per heavy atom. The number of rotatable bonds is 3. The maximum Gasteiger partial charge on any atom is 0.206 e. The summed E-state index contributed by atoms with van der Waals surface area (Å²) in [7, 11) is -3.01. The van der Waals surface area contributed by atoms with Crippen molar-refractivity contribution in [1.82, 2.24) is 14.5 Å². The third-order valence-electron chi connectivity index (χ3n) is 4.09. The van der Waals surface area contributed by atoms with E-state index in [1.54, 1.807) is 18.5 Å². The summed E-state index contributed by atoms with van der Waals surface area (Å²) < 4.78 is 31.5. The Bertz CT molecular complexity index is 913. The average molecular weight is 317 g/mol. The molecule has 0 aliphatic carbocycles. The first-order valence-corrected chi connectivity index (χ1v) is 8.94. The van der Waals surface area contributed by atoms with E-state index in [2.05, 4.69) is 9.97 Å². The Labute approximate surface area is 127 Å². The molecular weight excluding hydrogens is 302 g/mol. The smallest absolute Gasteiger partial charge is 0.206 e. The summed E-state index contributed by atoms with van der Waals surface area (Å²) in [6.45, 7) is 0. The number of hydrogen-bond donors (Lipinski definition) is 0. The first-order valence-electron chi connectivity index (χ1n) is 7.23. The zero-order valence-electron chi connectivity index (χ0n) is 11.8. The van der Waals surface area contributed by atoms with Crippen molar-refractivity contribution in [2.75, 3.05) is 5.75 Å². The summed E-state index contributed by atoms with van der Waals surface area (Å²) in [6.07, 6.45) is 5.09. The lowest BCUT2D eigenvalue weighted by atomic mass is 10.2. The van der Waals surface area contributed by atoms with Gasteiger partial charge < -0.3 is 4.42 Å². The molecule has 0 radical (unpaired) electrons. The third kappa shape index (κ3) is 2.12. The van der Waals surface area contributed by atoms with Crippen molar-refractivity contribution in [2.45, 2.75) is 24.5 Å². The molecule has 4 rings (SSSR count). The Balaban J connectivity index is 1.85. The molecule has 3 aromatic rings. The van der Waals surface area contributed by atoms with Gasteiger partial charge in [0.15, 0.2) is 15.5 Å². The van der Waals surface area contributed by atoms with Crippen LogP contribution in [0.25, 0.3) is 17.0 Å². The van der Waals surface area contributed by atoms with Crippen molar-refractivity contribution in [3.05, 3.63) is 42.5 Å². The van der Waals surface area contributed by atoms with Gasteiger partial charge in [-0.15, -0.1) is 0 Å². The molecule has 4 heterocycles. The zero-order valence-corrected chi connectivity index (χ0v) is 12.7. The fourth-order valence-corrected chi connectivity index (χ4v) is 4.85. The third-order valence-corrected chi connectivity index (χ3v) is 6.36. The van der Waals surface area contributed by atoms with Crippen LogP contribution in [0.4, 0.5) is 0 Å². The molecule has 0 spiro atoms. The van der Waals surface area contributed by atoms with E-state index in [1.807, 2.05) is 22.8 Å². The Morgan fingerprint density at radius 3 is 2.95 bits per heavy atom. The lowest BCUT2D eigenvalue weighted by molar-refractivity contribution is 0.532. The van der Waals surface area contributed by atoms with E-state index in [0.717, 1.165) is 11.9 Å². The number of aromatic nitrogens is 3. The molecule has 0 bridgehead atoms. The molecule has 1 aliphatic rings. The van der Waals surface area contributed by atoms with E-state index in [9.17, 15) is 8.42 Å². The van der Waals surface area contributed by atoms with E-state index in [-0.39, 0.29) is 11.0 Å². The second-order valence-electron chi connectivity index (χ2n) is 5.50. The molecule has 3 aromatic heterocycles. The molecule has 1 unspecified atom stereocenters. The number of pyridine rings is 1. The normalized spacial score (nSPS) is 20.6. The number of fused-ring (bicyclic) bond motifs is 1. The van der Waals surface area contributed by atoms with Crippen LogP contribution in [0.3, 0.4) is 0 Å². The number of sulfone groups is 1. The van der Waals surface area contributed by atoms with Crippen molar-refractivity contribution in [3.8, 4) is 5.88 Å². The molecule has 22 heavy (non-hydrogen) atoms. The standard InChI is InChI=1S/C15H15N3O3S/c19-22(20)9-3-4-11(22)10-13-17-12-5-1-7-16-15(12)18(13)14-6-2-8-21-14/h1-2,5-8,11H,3-4,9-10H2. The fraction of sp³-hybridized carbons (Fsp3) is 0.333. The Hall–Kier alpha value is -2.15. The molecular formula is C15H15N3O3S. The average Bonchev–Trinajstić information content (AvgIpc) is 3.18. The van der Waals surface area contributed by atoms with Gasteiger partial charge >= 0.3 is 0 Å². The van der Waals surface area contributed by atoms with Crippen molar-refractivity contribution in [2.24, 2.45) is 0 Å². The molecule has 0 aromatic carbocycles. The van der Waals surface area contributed by atoms with Crippen LogP contribution < -0.4 is 0 Å². The lowest BCUT2D eigenvalue weighted by Gasteiger charge is -2.10. The number of nitrogens with zero attached hydrogens (tertiary/aromatic N) is 3. The molecule has 114 valence electrons. The van der Waals surface area contributed by atoms with Gasteiger partial charge in [-0.25, -0.2) is 23.0 Å². The van der Waals surface area contributed by atoms with Gasteiger partial charge in [0.2, 0.25) is 5.88 Å². The molecule has 0 saturated carbocycles. The predicted molar refractivity (Wildman–Crippen MR) is 81.6 cm³/mol. The quantitative estimate of drug-likeness (QED) is 0.739. The van der Waals surface area contributed by atoms with Crippen LogP contribution in [0.5, 0.6) is 0 Å². The highest BCUT2D eigenvalue weighted by Crippen LogP contribution is 2.27. The highest BCUT2D eigenvalue weighted by molar-refractivity contribution is 7.92. The molecule has 1 aliphatic heterocycles. The van der Waals surface area contributed by atoms with Gasteiger partial charge in [-0.2, -0.15) is 0 Å². The van der Waals surface area contributed by atoms with Crippen molar-refractivity contribution < 1.29 is 12.8 Å². The van der Waals surface area contributed by atoms with E-state index < -0.39 is 9.84 Å². The van der Waals surface area contributed by atoms with Crippen LogP contribution in [-0.2, 0) is 16.3 Å². The van der Waals surface area contributed by atoms with E-state index in [1.165, 1.54) is 0 Å². The highest BCUT2D eigenvalue weighted by Gasteiger charge is 2.33. The van der Waals surface area contributed by atoms with Crippen LogP contribution in [-0.4, -0.2) is 34.0 Å². The van der Waals surface area contributed by atoms with Crippen LogP contribution in [0.15, 0.2) is 41.1 Å². The minimum atomic E-state index is -3.01. The van der Waals surface area contributed by atoms with Gasteiger partial charge in [0.1, 0.15) is 11.3 Å². The number of furan rings is 1. The minimum Gasteiger partial charge on any atom is -0.448 e. The largest absolute Gasteiger partial charge is 0.448 e. The van der Waals surface area contributed by atoms with E-state index >= 15 is 0 Å². The van der Waals surface area contributed by atoms with Crippen LogP contribution >= 0.6 is 0 Å². The lowest BCUT2D eigenvalue weighted by Crippen LogP contribution is -2.20. The summed E-state index contributed by atoms with van der Waals surface area (Å²) in [6, 6.07) is 7.30. The molecule has 1 fully saturated rings. The highest BCUT2D eigenvalue weighted by atomic mass is 32.2. The summed E-state index contributed by atoms with van der Waals surface area (Å²) in [4.78, 5) is 8.93. The van der Waals surface area contributed by atoms with Crippen LogP contribution in [0.2, 0.25) is 0 Å². The maximum atomic E-state index is 12.1. The monoisotopic (exact) mass is 317 g/mol. The second-order valence-corrected chi connectivity index (χ2v) is 7.90. The van der Waals surface area contributed by atoms with Crippen LogP contribution in [0, 0.1) is 0 Å². The van der Waals surface area contributed by atoms with Crippen LogP contribution in [0.1, 0.15) is 18.7 Å². The molecule has 1 atom stereocenters. The van der Waals surface area contributed by atoms with Crippen molar-refractivity contribution in [3.63, 3.8) is 0 Å². The van der Waals surface area contributed by atoms with Gasteiger partial charge in [-0.3, -0.25) is 0 Å². The maximum absolute atomic E-state index is 12.1. The SMILES string of the molecule is O=S1(=O)CCCC1Cc1nc2cccnc2n1-c1ccco1. The predicted octanol–water partition coefficient (Wildman–Crippen LogP) is 2.13. The summed E-state index contributed by atoms with van der Waals surface area (Å²) >= 11 is 0. The first kappa shape index (κ1) is 13.5. The molecule has 6 nitrogen and oxygen atoms in total. The summed E-state index contributed by atoms with van der Waals surface area (Å²) in [5.41, 5.74) is 1.42. The van der Waals surface area contributed by atoms with Gasteiger partial charge in [0, 0.05) is 18.7 Å². The van der Waals surface area contributed by atoms with Gasteiger partial charge in [-0.05, 0) is 31.0 Å². The molecule has 1 saturated heterocycles. The van der Waals surface area contributed by atoms with Crippen molar-refractivity contribution in [1.29, 1.82) is 0 Å². The van der Waals surface area contributed by atoms with Gasteiger partial charge in [0.05, 0.1) is 17.3 Å². The Morgan fingerprint density at radius 1 is 1.32 bits per heavy atom. The van der Waals surface area contributed by atoms with E-state index in [0.29, 0.717) is 30.2 Å². The van der Waals surface area contributed by atoms with Crippen molar-refractivity contribution >= 4 is 21.0 Å². The summed E-state index contributed by atoms with van der Waals surface area (Å²) in [5, 5.41) is -0.363. The molecule has 0 amide bonds. The zero-order chi connectivity index (χ0) is 15.2. The second kappa shape index (κ2) is 4.95. The van der Waals surface area contributed by atoms with E-state index in [4.69, 9.17) is 4.42 Å². The fourth-order valence-electron chi connectivity index (χ4n) is 3.02. The molecule has 0 N–H and O–H groups in total. The number of imidazole rings is 1. The Kier molecular flexibility index (Phi) is 3.04. The topological polar surface area (TPSA) is 78.0 Å². The molecule has 7 heteroatoms. The van der Waals surface area contributed by atoms with Gasteiger partial charge in [0.25, 0.3) is 0 Å². The number of hydrogen-bond acceptors (Lipinski definition) is 5. The minimum absolute atomic E-state index is 0.275. The first-order chi connectivity index (χ1) is 10.6. The van der Waals surface area contributed by atoms with Gasteiger partial charge in [-0.1, -0.05) is 0 Å². The summed E-state index contributed by atoms with van der Waals surface area (Å²) in [5.74, 6) is 1.56.